The third-order valence-corrected chi connectivity index (χ3v) is 5.56. The summed E-state index contributed by atoms with van der Waals surface area (Å²) in [6, 6.07) is 0.784. The summed E-state index contributed by atoms with van der Waals surface area (Å²) in [4.78, 5) is 11.6. The molecule has 1 aliphatic carbocycles. The molecule has 1 unspecified atom stereocenters. The minimum absolute atomic E-state index is 0.559. The number of hydrogen-bond donors (Lipinski definition) is 0. The van der Waals surface area contributed by atoms with E-state index < -0.39 is 0 Å². The number of ether oxygens (including phenoxy) is 1. The lowest BCUT2D eigenvalue weighted by atomic mass is 9.64. The van der Waals surface area contributed by atoms with Gasteiger partial charge < -0.3 is 4.74 Å². The molecule has 1 saturated carbocycles. The Kier molecular flexibility index (Phi) is 3.46. The lowest BCUT2D eigenvalue weighted by Gasteiger charge is -2.60. The van der Waals surface area contributed by atoms with Crippen LogP contribution in [0, 0.1) is 11.3 Å². The molecule has 1 atom stereocenters. The van der Waals surface area contributed by atoms with Crippen LogP contribution in [-0.4, -0.2) is 40.7 Å². The molecule has 0 amide bonds. The summed E-state index contributed by atoms with van der Waals surface area (Å²) in [5, 5.41) is 0. The first-order valence-electron chi connectivity index (χ1n) is 8.42. The molecule has 1 aromatic rings. The second kappa shape index (κ2) is 5.33. The minimum atomic E-state index is 0.559. The number of rotatable bonds is 4. The highest BCUT2D eigenvalue weighted by atomic mass is 16.5. The van der Waals surface area contributed by atoms with Crippen molar-refractivity contribution in [1.29, 1.82) is 0 Å². The normalized spacial score (nSPS) is 28.5. The predicted molar refractivity (Wildman–Crippen MR) is 80.8 cm³/mol. The third kappa shape index (κ3) is 2.49. The van der Waals surface area contributed by atoms with E-state index in [1.807, 2.05) is 12.4 Å². The highest BCUT2D eigenvalue weighted by Gasteiger charge is 2.57. The SMILES string of the molecule is CCc1ncc(CN2CC3(CCOCC3)C2C2CC2)cn1. The Hall–Kier alpha value is -1.00. The van der Waals surface area contributed by atoms with Crippen LogP contribution in [0.3, 0.4) is 0 Å². The Morgan fingerprint density at radius 2 is 1.95 bits per heavy atom. The number of hydrogen-bond acceptors (Lipinski definition) is 4. The second-order valence-corrected chi connectivity index (χ2v) is 7.02. The molecule has 4 heteroatoms. The highest BCUT2D eigenvalue weighted by Crippen LogP contribution is 2.55. The average Bonchev–Trinajstić information content (AvgIpc) is 3.32. The second-order valence-electron chi connectivity index (χ2n) is 7.02. The number of likely N-dealkylation sites (tertiary alicyclic amines) is 1. The van der Waals surface area contributed by atoms with E-state index in [0.717, 1.165) is 44.0 Å². The van der Waals surface area contributed by atoms with Crippen molar-refractivity contribution in [3.05, 3.63) is 23.8 Å². The van der Waals surface area contributed by atoms with E-state index >= 15 is 0 Å². The van der Waals surface area contributed by atoms with Crippen LogP contribution in [0.15, 0.2) is 12.4 Å². The summed E-state index contributed by atoms with van der Waals surface area (Å²) in [7, 11) is 0. The van der Waals surface area contributed by atoms with Gasteiger partial charge in [-0.1, -0.05) is 6.92 Å². The van der Waals surface area contributed by atoms with Crippen molar-refractivity contribution >= 4 is 0 Å². The quantitative estimate of drug-likeness (QED) is 0.852. The highest BCUT2D eigenvalue weighted by molar-refractivity contribution is 5.14. The van der Waals surface area contributed by atoms with Gasteiger partial charge in [0.25, 0.3) is 0 Å². The summed E-state index contributed by atoms with van der Waals surface area (Å²) in [5.41, 5.74) is 1.82. The van der Waals surface area contributed by atoms with Crippen LogP contribution in [0.4, 0.5) is 0 Å². The lowest BCUT2D eigenvalue weighted by Crippen LogP contribution is -2.66. The fourth-order valence-corrected chi connectivity index (χ4v) is 4.35. The van der Waals surface area contributed by atoms with Crippen molar-refractivity contribution in [3.8, 4) is 0 Å². The first-order valence-corrected chi connectivity index (χ1v) is 8.42. The van der Waals surface area contributed by atoms with Crippen LogP contribution in [0.1, 0.15) is 44.0 Å². The molecular formula is C17H25N3O. The molecule has 4 rings (SSSR count). The van der Waals surface area contributed by atoms with Crippen LogP contribution in [-0.2, 0) is 17.7 Å². The van der Waals surface area contributed by atoms with Crippen LogP contribution in [0.2, 0.25) is 0 Å². The molecule has 114 valence electrons. The number of aromatic nitrogens is 2. The fourth-order valence-electron chi connectivity index (χ4n) is 4.35. The zero-order chi connectivity index (χ0) is 14.3. The lowest BCUT2D eigenvalue weighted by molar-refractivity contribution is -0.144. The van der Waals surface area contributed by atoms with E-state index in [2.05, 4.69) is 21.8 Å². The van der Waals surface area contributed by atoms with Crippen LogP contribution in [0.5, 0.6) is 0 Å². The van der Waals surface area contributed by atoms with Gasteiger partial charge in [-0.25, -0.2) is 9.97 Å². The molecule has 0 radical (unpaired) electrons. The molecule has 3 aliphatic rings. The smallest absolute Gasteiger partial charge is 0.127 e. The van der Waals surface area contributed by atoms with E-state index in [4.69, 9.17) is 4.74 Å². The van der Waals surface area contributed by atoms with Crippen LogP contribution in [0.25, 0.3) is 0 Å². The van der Waals surface area contributed by atoms with Crippen LogP contribution < -0.4 is 0 Å². The Bertz CT molecular complexity index is 491. The standard InChI is InChI=1S/C17H25N3O/c1-2-15-18-9-13(10-19-15)11-20-12-17(5-7-21-8-6-17)16(20)14-3-4-14/h9-10,14,16H,2-8,11-12H2,1H3. The van der Waals surface area contributed by atoms with Gasteiger partial charge in [0.05, 0.1) is 0 Å². The maximum absolute atomic E-state index is 5.59. The molecule has 4 nitrogen and oxygen atoms in total. The first kappa shape index (κ1) is 13.6. The Labute approximate surface area is 126 Å². The molecule has 0 bridgehead atoms. The van der Waals surface area contributed by atoms with E-state index in [1.165, 1.54) is 37.8 Å². The summed E-state index contributed by atoms with van der Waals surface area (Å²) in [6.07, 6.45) is 10.3. The van der Waals surface area contributed by atoms with E-state index in [9.17, 15) is 0 Å². The van der Waals surface area contributed by atoms with E-state index in [1.54, 1.807) is 0 Å². The summed E-state index contributed by atoms with van der Waals surface area (Å²) >= 11 is 0. The van der Waals surface area contributed by atoms with Crippen molar-refractivity contribution in [3.63, 3.8) is 0 Å². The zero-order valence-electron chi connectivity index (χ0n) is 12.9. The molecule has 1 spiro atoms. The third-order valence-electron chi connectivity index (χ3n) is 5.56. The molecule has 2 saturated heterocycles. The largest absolute Gasteiger partial charge is 0.381 e. The molecule has 3 fully saturated rings. The van der Waals surface area contributed by atoms with Crippen LogP contribution >= 0.6 is 0 Å². The topological polar surface area (TPSA) is 38.2 Å². The Balaban J connectivity index is 1.45. The van der Waals surface area contributed by atoms with Gasteiger partial charge in [-0.2, -0.15) is 0 Å². The summed E-state index contributed by atoms with van der Waals surface area (Å²) in [5.74, 6) is 1.88. The molecule has 1 aromatic heterocycles. The van der Waals surface area contributed by atoms with Gasteiger partial charge in [0.2, 0.25) is 0 Å². The van der Waals surface area contributed by atoms with Crippen molar-refractivity contribution in [2.24, 2.45) is 11.3 Å². The predicted octanol–water partition coefficient (Wildman–Crippen LogP) is 2.43. The van der Waals surface area contributed by atoms with Gasteiger partial charge >= 0.3 is 0 Å². The van der Waals surface area contributed by atoms with Gasteiger partial charge in [-0.15, -0.1) is 0 Å². The molecular weight excluding hydrogens is 262 g/mol. The molecule has 0 aromatic carbocycles. The minimum Gasteiger partial charge on any atom is -0.381 e. The maximum Gasteiger partial charge on any atom is 0.127 e. The van der Waals surface area contributed by atoms with Gasteiger partial charge in [-0.05, 0) is 31.6 Å². The molecule has 3 heterocycles. The maximum atomic E-state index is 5.59. The average molecular weight is 287 g/mol. The Morgan fingerprint density at radius 3 is 2.57 bits per heavy atom. The number of nitrogens with zero attached hydrogens (tertiary/aromatic N) is 3. The fraction of sp³-hybridized carbons (Fsp3) is 0.765. The monoisotopic (exact) mass is 287 g/mol. The zero-order valence-corrected chi connectivity index (χ0v) is 12.9. The molecule has 0 N–H and O–H groups in total. The number of aryl methyl sites for hydroxylation is 1. The Morgan fingerprint density at radius 1 is 1.24 bits per heavy atom. The van der Waals surface area contributed by atoms with Crippen molar-refractivity contribution in [1.82, 2.24) is 14.9 Å². The van der Waals surface area contributed by atoms with E-state index in [-0.39, 0.29) is 0 Å². The van der Waals surface area contributed by atoms with Gasteiger partial charge in [0.15, 0.2) is 0 Å². The van der Waals surface area contributed by atoms with Gasteiger partial charge in [0, 0.05) is 62.1 Å². The summed E-state index contributed by atoms with van der Waals surface area (Å²) in [6.45, 7) is 6.29. The van der Waals surface area contributed by atoms with E-state index in [0.29, 0.717) is 5.41 Å². The van der Waals surface area contributed by atoms with Gasteiger partial charge in [0.1, 0.15) is 5.82 Å². The van der Waals surface area contributed by atoms with Crippen molar-refractivity contribution in [2.75, 3.05) is 19.8 Å². The summed E-state index contributed by atoms with van der Waals surface area (Å²) < 4.78 is 5.59. The van der Waals surface area contributed by atoms with Crippen molar-refractivity contribution < 1.29 is 4.74 Å². The van der Waals surface area contributed by atoms with Crippen molar-refractivity contribution in [2.45, 2.75) is 51.6 Å². The van der Waals surface area contributed by atoms with Gasteiger partial charge in [-0.3, -0.25) is 4.90 Å². The first-order chi connectivity index (χ1) is 10.3. The molecule has 2 aliphatic heterocycles. The molecule has 21 heavy (non-hydrogen) atoms.